The van der Waals surface area contributed by atoms with Gasteiger partial charge in [0.15, 0.2) is 6.10 Å². The maximum absolute atomic E-state index is 10.2. The van der Waals surface area contributed by atoms with Gasteiger partial charge < -0.3 is 35.7 Å². The number of carboxylic acids is 1. The molecule has 0 spiro atoms. The van der Waals surface area contributed by atoms with E-state index in [9.17, 15) is 4.79 Å². The molecule has 8 nitrogen and oxygen atoms in total. The maximum atomic E-state index is 10.2. The average Bonchev–Trinajstić information content (AvgIpc) is 2.23. The van der Waals surface area contributed by atoms with E-state index in [0.29, 0.717) is 0 Å². The van der Waals surface area contributed by atoms with Crippen LogP contribution < -0.4 is 0 Å². The van der Waals surface area contributed by atoms with Gasteiger partial charge in [-0.25, -0.2) is 4.79 Å². The van der Waals surface area contributed by atoms with Crippen molar-refractivity contribution in [3.05, 3.63) is 0 Å². The molecule has 0 aromatic heterocycles. The molecule has 0 aliphatic rings. The number of aliphatic hydroxyl groups is 6. The predicted octanol–water partition coefficient (Wildman–Crippen LogP) is -4.13. The second-order valence-electron chi connectivity index (χ2n) is 3.00. The van der Waals surface area contributed by atoms with Crippen LogP contribution in [0.15, 0.2) is 0 Å². The van der Waals surface area contributed by atoms with Crippen molar-refractivity contribution in [1.29, 1.82) is 0 Å². The van der Waals surface area contributed by atoms with Crippen molar-refractivity contribution in [3.63, 3.8) is 0 Å². The molecular weight excluding hydrogens is 212 g/mol. The predicted molar refractivity (Wildman–Crippen MR) is 44.8 cm³/mol. The van der Waals surface area contributed by atoms with Crippen LogP contribution in [-0.2, 0) is 4.79 Å². The third-order valence-electron chi connectivity index (χ3n) is 1.86. The summed E-state index contributed by atoms with van der Waals surface area (Å²) in [6.07, 6.45) is -10.2. The number of aliphatic carboxylic acids is 1. The van der Waals surface area contributed by atoms with Gasteiger partial charge in [0.1, 0.15) is 24.4 Å². The number of carboxylic acid groups (broad SMARTS) is 1. The summed E-state index contributed by atoms with van der Waals surface area (Å²) in [6, 6.07) is 0. The standard InChI is InChI=1S/C7H14O8/c8-1-2(9)3(10)4(11)5(12)6(13)7(14)15/h2-6,8-13H,1H2,(H,14,15)/t2-,3-,4-,5-,6-/m1/s1. The van der Waals surface area contributed by atoms with Gasteiger partial charge in [0.2, 0.25) is 0 Å². The van der Waals surface area contributed by atoms with Crippen molar-refractivity contribution >= 4 is 5.97 Å². The van der Waals surface area contributed by atoms with E-state index in [4.69, 9.17) is 35.7 Å². The SMILES string of the molecule is O=C(O)[C@H](O)[C@H](O)[C@H](O)[C@H](O)[C@H](O)CO. The molecular formula is C7H14O8. The Bertz CT molecular complexity index is 207. The molecule has 0 unspecified atom stereocenters. The van der Waals surface area contributed by atoms with Gasteiger partial charge in [-0.1, -0.05) is 0 Å². The highest BCUT2D eigenvalue weighted by molar-refractivity contribution is 5.72. The molecule has 0 aliphatic carbocycles. The first-order chi connectivity index (χ1) is 6.82. The number of hydrogen-bond acceptors (Lipinski definition) is 7. The highest BCUT2D eigenvalue weighted by Gasteiger charge is 2.36. The lowest BCUT2D eigenvalue weighted by Gasteiger charge is -2.26. The van der Waals surface area contributed by atoms with Crippen LogP contribution in [0, 0.1) is 0 Å². The molecule has 0 bridgehead atoms. The van der Waals surface area contributed by atoms with Crippen LogP contribution in [-0.4, -0.2) is 78.8 Å². The van der Waals surface area contributed by atoms with E-state index in [-0.39, 0.29) is 0 Å². The van der Waals surface area contributed by atoms with Crippen molar-refractivity contribution in [2.24, 2.45) is 0 Å². The molecule has 0 radical (unpaired) electrons. The minimum Gasteiger partial charge on any atom is -0.479 e. The average molecular weight is 226 g/mol. The van der Waals surface area contributed by atoms with E-state index >= 15 is 0 Å². The Labute approximate surface area is 84.7 Å². The molecule has 0 fully saturated rings. The van der Waals surface area contributed by atoms with Crippen LogP contribution in [0.3, 0.4) is 0 Å². The molecule has 0 rings (SSSR count). The van der Waals surface area contributed by atoms with Crippen LogP contribution in [0.5, 0.6) is 0 Å². The zero-order chi connectivity index (χ0) is 12.2. The summed E-state index contributed by atoms with van der Waals surface area (Å²) in [6.45, 7) is -0.881. The highest BCUT2D eigenvalue weighted by Crippen LogP contribution is 2.08. The highest BCUT2D eigenvalue weighted by atomic mass is 16.4. The van der Waals surface area contributed by atoms with Gasteiger partial charge >= 0.3 is 5.97 Å². The minimum absolute atomic E-state index is 0.881. The minimum atomic E-state index is -2.29. The number of hydrogen-bond donors (Lipinski definition) is 7. The smallest absolute Gasteiger partial charge is 0.335 e. The fourth-order valence-corrected chi connectivity index (χ4v) is 0.870. The third-order valence-corrected chi connectivity index (χ3v) is 1.86. The van der Waals surface area contributed by atoms with Gasteiger partial charge in [0.25, 0.3) is 0 Å². The fourth-order valence-electron chi connectivity index (χ4n) is 0.870. The maximum Gasteiger partial charge on any atom is 0.335 e. The van der Waals surface area contributed by atoms with Crippen molar-refractivity contribution < 1.29 is 40.5 Å². The van der Waals surface area contributed by atoms with Gasteiger partial charge in [-0.15, -0.1) is 0 Å². The third kappa shape index (κ3) is 3.70. The van der Waals surface area contributed by atoms with Crippen LogP contribution in [0.1, 0.15) is 0 Å². The Morgan fingerprint density at radius 1 is 0.933 bits per heavy atom. The quantitative estimate of drug-likeness (QED) is 0.240. The Kier molecular flexibility index (Phi) is 5.65. The zero-order valence-electron chi connectivity index (χ0n) is 7.63. The van der Waals surface area contributed by atoms with Gasteiger partial charge in [-0.05, 0) is 0 Å². The first kappa shape index (κ1) is 14.2. The number of rotatable bonds is 6. The molecule has 0 aromatic rings. The number of carbonyl (C=O) groups is 1. The monoisotopic (exact) mass is 226 g/mol. The van der Waals surface area contributed by atoms with Crippen molar-refractivity contribution in [2.45, 2.75) is 30.5 Å². The van der Waals surface area contributed by atoms with E-state index in [1.165, 1.54) is 0 Å². The van der Waals surface area contributed by atoms with Gasteiger partial charge in [-0.2, -0.15) is 0 Å². The van der Waals surface area contributed by atoms with E-state index in [1.54, 1.807) is 0 Å². The lowest BCUT2D eigenvalue weighted by Crippen LogP contribution is -2.51. The zero-order valence-corrected chi connectivity index (χ0v) is 7.63. The molecule has 15 heavy (non-hydrogen) atoms. The van der Waals surface area contributed by atoms with Gasteiger partial charge in [-0.3, -0.25) is 0 Å². The second kappa shape index (κ2) is 5.95. The molecule has 5 atom stereocenters. The molecule has 90 valence electrons. The summed E-state index contributed by atoms with van der Waals surface area (Å²) in [4.78, 5) is 10.2. The Hall–Kier alpha value is -0.770. The van der Waals surface area contributed by atoms with Crippen LogP contribution >= 0.6 is 0 Å². The first-order valence-electron chi connectivity index (χ1n) is 4.07. The molecule has 0 heterocycles. The molecule has 7 N–H and O–H groups in total. The largest absolute Gasteiger partial charge is 0.479 e. The Morgan fingerprint density at radius 2 is 1.40 bits per heavy atom. The summed E-state index contributed by atoms with van der Waals surface area (Å²) < 4.78 is 0. The molecule has 0 aromatic carbocycles. The van der Waals surface area contributed by atoms with Gasteiger partial charge in [0, 0.05) is 0 Å². The van der Waals surface area contributed by atoms with Gasteiger partial charge in [0.05, 0.1) is 6.61 Å². The second-order valence-corrected chi connectivity index (χ2v) is 3.00. The molecule has 8 heteroatoms. The van der Waals surface area contributed by atoms with Crippen molar-refractivity contribution in [3.8, 4) is 0 Å². The van der Waals surface area contributed by atoms with E-state index < -0.39 is 43.1 Å². The lowest BCUT2D eigenvalue weighted by atomic mass is 9.99. The van der Waals surface area contributed by atoms with E-state index in [2.05, 4.69) is 0 Å². The van der Waals surface area contributed by atoms with Crippen LogP contribution in [0.2, 0.25) is 0 Å². The topological polar surface area (TPSA) is 159 Å². The summed E-state index contributed by atoms with van der Waals surface area (Å²) in [5.41, 5.74) is 0. The van der Waals surface area contributed by atoms with Crippen LogP contribution in [0.25, 0.3) is 0 Å². The van der Waals surface area contributed by atoms with Crippen molar-refractivity contribution in [2.75, 3.05) is 6.61 Å². The fraction of sp³-hybridized carbons (Fsp3) is 0.857. The molecule has 0 saturated carbocycles. The van der Waals surface area contributed by atoms with E-state index in [1.807, 2.05) is 0 Å². The molecule has 0 saturated heterocycles. The normalized spacial score (nSPS) is 21.5. The molecule has 0 amide bonds. The summed E-state index contributed by atoms with van der Waals surface area (Å²) in [7, 11) is 0. The number of aliphatic hydroxyl groups excluding tert-OH is 6. The lowest BCUT2D eigenvalue weighted by molar-refractivity contribution is -0.169. The molecule has 0 aliphatic heterocycles. The summed E-state index contributed by atoms with van der Waals surface area (Å²) >= 11 is 0. The van der Waals surface area contributed by atoms with Crippen molar-refractivity contribution in [1.82, 2.24) is 0 Å². The first-order valence-corrected chi connectivity index (χ1v) is 4.07. The van der Waals surface area contributed by atoms with Crippen LogP contribution in [0.4, 0.5) is 0 Å². The summed E-state index contributed by atoms with van der Waals surface area (Å²) in [5, 5.41) is 61.5. The Morgan fingerprint density at radius 3 is 1.73 bits per heavy atom. The Balaban J connectivity index is 4.42. The summed E-state index contributed by atoms with van der Waals surface area (Å²) in [5.74, 6) is -1.78. The van der Waals surface area contributed by atoms with E-state index in [0.717, 1.165) is 0 Å².